The standard InChI is InChI=1S/C33H39Cl2N5O3S/c1-18(2)27-28(30(41)39-19(3)21(14-26(39)31(42)43)15-36-25-16-38(5)17-25)44-32-37-33(4,22-8-12-24(35)13-9-22)29(40(27)32)20-6-10-23(34)11-7-20/h6-13,18-19,21,25-26,29,36H,14-17H2,1-5H3,(H,42,43)/t19-,21?,26+,29-,33+/m1/s1. The summed E-state index contributed by atoms with van der Waals surface area (Å²) in [7, 11) is 2.09. The largest absolute Gasteiger partial charge is 0.480 e. The van der Waals surface area contributed by atoms with Gasteiger partial charge in [0.1, 0.15) is 16.5 Å². The van der Waals surface area contributed by atoms with Gasteiger partial charge in [-0.05, 0) is 86.3 Å². The van der Waals surface area contributed by atoms with Gasteiger partial charge in [0.15, 0.2) is 5.17 Å². The number of hydrogen-bond donors (Lipinski definition) is 2. The van der Waals surface area contributed by atoms with Gasteiger partial charge in [0.05, 0.1) is 6.04 Å². The van der Waals surface area contributed by atoms with Crippen LogP contribution in [0.3, 0.4) is 0 Å². The predicted molar refractivity (Wildman–Crippen MR) is 177 cm³/mol. The van der Waals surface area contributed by atoms with E-state index in [1.807, 2.05) is 55.5 Å². The number of likely N-dealkylation sites (tertiary alicyclic amines) is 2. The molecule has 1 unspecified atom stereocenters. The molecule has 6 rings (SSSR count). The first kappa shape index (κ1) is 31.4. The third-order valence-corrected chi connectivity index (χ3v) is 11.2. The zero-order valence-corrected chi connectivity index (χ0v) is 28.0. The van der Waals surface area contributed by atoms with Crippen molar-refractivity contribution in [3.05, 3.63) is 80.3 Å². The van der Waals surface area contributed by atoms with Crippen LogP contribution in [0.5, 0.6) is 0 Å². The van der Waals surface area contributed by atoms with Crippen molar-refractivity contribution >= 4 is 52.0 Å². The number of hydrogen-bond acceptors (Lipinski definition) is 7. The van der Waals surface area contributed by atoms with Crippen LogP contribution in [0.1, 0.15) is 51.3 Å². The predicted octanol–water partition coefficient (Wildman–Crippen LogP) is 5.83. The van der Waals surface area contributed by atoms with Crippen molar-refractivity contribution in [2.45, 2.75) is 63.8 Å². The second-order valence-electron chi connectivity index (χ2n) is 13.0. The molecular formula is C33H39Cl2N5O3S. The summed E-state index contributed by atoms with van der Waals surface area (Å²) in [6.45, 7) is 10.9. The number of aliphatic carboxylic acids is 1. The Morgan fingerprint density at radius 1 is 1.09 bits per heavy atom. The highest BCUT2D eigenvalue weighted by Crippen LogP contribution is 2.56. The van der Waals surface area contributed by atoms with Crippen LogP contribution in [0.4, 0.5) is 0 Å². The molecule has 11 heteroatoms. The molecule has 0 radical (unpaired) electrons. The summed E-state index contributed by atoms with van der Waals surface area (Å²) >= 11 is 13.9. The molecule has 4 aliphatic rings. The van der Waals surface area contributed by atoms with Gasteiger partial charge in [-0.15, -0.1) is 0 Å². The lowest BCUT2D eigenvalue weighted by molar-refractivity contribution is -0.147. The van der Waals surface area contributed by atoms with Gasteiger partial charge in [0.2, 0.25) is 0 Å². The maximum absolute atomic E-state index is 14.5. The van der Waals surface area contributed by atoms with Crippen LogP contribution in [0.25, 0.3) is 0 Å². The number of amidine groups is 1. The summed E-state index contributed by atoms with van der Waals surface area (Å²) in [6, 6.07) is 14.6. The number of thioether (sulfide) groups is 1. The third kappa shape index (κ3) is 5.45. The number of halogens is 2. The van der Waals surface area contributed by atoms with Gasteiger partial charge in [-0.2, -0.15) is 0 Å². The van der Waals surface area contributed by atoms with Crippen LogP contribution < -0.4 is 5.32 Å². The van der Waals surface area contributed by atoms with Gasteiger partial charge < -0.3 is 25.1 Å². The number of allylic oxidation sites excluding steroid dienone is 1. The quantitative estimate of drug-likeness (QED) is 0.370. The van der Waals surface area contributed by atoms with Gasteiger partial charge >= 0.3 is 5.97 Å². The number of nitrogens with one attached hydrogen (secondary N) is 1. The molecule has 234 valence electrons. The zero-order valence-electron chi connectivity index (χ0n) is 25.6. The summed E-state index contributed by atoms with van der Waals surface area (Å²) in [6.07, 6.45) is 0.430. The van der Waals surface area contributed by atoms with E-state index in [0.717, 1.165) is 35.1 Å². The molecule has 2 saturated heterocycles. The number of rotatable bonds is 8. The van der Waals surface area contributed by atoms with Gasteiger partial charge in [0.25, 0.3) is 5.91 Å². The molecule has 8 nitrogen and oxygen atoms in total. The van der Waals surface area contributed by atoms with Gasteiger partial charge in [-0.3, -0.25) is 4.79 Å². The number of carbonyl (C=O) groups is 2. The van der Waals surface area contributed by atoms with Crippen LogP contribution >= 0.6 is 35.0 Å². The summed E-state index contributed by atoms with van der Waals surface area (Å²) < 4.78 is 0. The molecule has 0 aliphatic carbocycles. The van der Waals surface area contributed by atoms with Crippen molar-refractivity contribution in [2.75, 3.05) is 26.7 Å². The SMILES string of the molecule is CC(C)C1=C(C(=O)N2[C@H](C)C(CNC3CN(C)C3)C[C@H]2C(=O)O)SC2=N[C@@](C)(c3ccc(Cl)cc3)[C@@H](c3ccc(Cl)cc3)N21. The van der Waals surface area contributed by atoms with Crippen molar-refractivity contribution < 1.29 is 14.7 Å². The third-order valence-electron chi connectivity index (χ3n) is 9.60. The Kier molecular flexibility index (Phi) is 8.56. The number of fused-ring (bicyclic) bond motifs is 1. The van der Waals surface area contributed by atoms with Crippen molar-refractivity contribution in [1.29, 1.82) is 0 Å². The molecule has 4 aliphatic heterocycles. The van der Waals surface area contributed by atoms with E-state index in [1.54, 1.807) is 4.90 Å². The van der Waals surface area contributed by atoms with E-state index in [0.29, 0.717) is 34.0 Å². The molecule has 2 N–H and O–H groups in total. The van der Waals surface area contributed by atoms with Crippen LogP contribution in [0, 0.1) is 11.8 Å². The lowest BCUT2D eigenvalue weighted by atomic mass is 9.81. The van der Waals surface area contributed by atoms with E-state index < -0.39 is 17.6 Å². The molecule has 2 fully saturated rings. The highest BCUT2D eigenvalue weighted by molar-refractivity contribution is 8.18. The van der Waals surface area contributed by atoms with Crippen molar-refractivity contribution in [2.24, 2.45) is 16.8 Å². The Morgan fingerprint density at radius 2 is 1.70 bits per heavy atom. The molecule has 4 heterocycles. The normalized spacial score (nSPS) is 29.0. The summed E-state index contributed by atoms with van der Waals surface area (Å²) in [5, 5.41) is 15.9. The molecule has 0 aromatic heterocycles. The van der Waals surface area contributed by atoms with Gasteiger partial charge in [0, 0.05) is 47.5 Å². The van der Waals surface area contributed by atoms with Gasteiger partial charge in [-0.1, -0.05) is 61.3 Å². The zero-order chi connectivity index (χ0) is 31.5. The number of likely N-dealkylation sites (N-methyl/N-ethyl adjacent to an activating group) is 1. The average Bonchev–Trinajstić information content (AvgIpc) is 3.58. The summed E-state index contributed by atoms with van der Waals surface area (Å²) in [5.41, 5.74) is 2.22. The van der Waals surface area contributed by atoms with Gasteiger partial charge in [-0.25, -0.2) is 9.79 Å². The minimum absolute atomic E-state index is 0.0224. The number of amides is 1. The van der Waals surface area contributed by atoms with E-state index in [1.165, 1.54) is 11.8 Å². The van der Waals surface area contributed by atoms with E-state index >= 15 is 0 Å². The fraction of sp³-hybridized carbons (Fsp3) is 0.485. The number of carboxylic acids is 1. The highest BCUT2D eigenvalue weighted by Gasteiger charge is 2.55. The van der Waals surface area contributed by atoms with Crippen molar-refractivity contribution in [3.8, 4) is 0 Å². The maximum atomic E-state index is 14.5. The number of benzene rings is 2. The Hall–Kier alpha value is -2.56. The van der Waals surface area contributed by atoms with E-state index in [-0.39, 0.29) is 29.8 Å². The molecule has 44 heavy (non-hydrogen) atoms. The second kappa shape index (κ2) is 12.0. The molecule has 2 aromatic carbocycles. The number of carboxylic acid groups (broad SMARTS) is 1. The first-order valence-electron chi connectivity index (χ1n) is 15.2. The average molecular weight is 657 g/mol. The highest BCUT2D eigenvalue weighted by atomic mass is 35.5. The Labute approximate surface area is 273 Å². The fourth-order valence-electron chi connectivity index (χ4n) is 7.24. The molecule has 5 atom stereocenters. The molecule has 0 saturated carbocycles. The van der Waals surface area contributed by atoms with Crippen molar-refractivity contribution in [1.82, 2.24) is 20.0 Å². The molecule has 0 spiro atoms. The molecule has 2 aromatic rings. The minimum Gasteiger partial charge on any atom is -0.480 e. The number of nitrogens with zero attached hydrogens (tertiary/aromatic N) is 4. The molecule has 1 amide bonds. The first-order chi connectivity index (χ1) is 20.9. The maximum Gasteiger partial charge on any atom is 0.326 e. The smallest absolute Gasteiger partial charge is 0.326 e. The van der Waals surface area contributed by atoms with Crippen LogP contribution in [-0.2, 0) is 15.1 Å². The topological polar surface area (TPSA) is 88.5 Å². The lowest BCUT2D eigenvalue weighted by Gasteiger charge is -2.38. The Morgan fingerprint density at radius 3 is 2.27 bits per heavy atom. The van der Waals surface area contributed by atoms with Crippen LogP contribution in [0.2, 0.25) is 10.0 Å². The monoisotopic (exact) mass is 655 g/mol. The van der Waals surface area contributed by atoms with E-state index in [2.05, 4.69) is 42.9 Å². The Balaban J connectivity index is 1.37. The summed E-state index contributed by atoms with van der Waals surface area (Å²) in [4.78, 5) is 38.9. The molecule has 0 bridgehead atoms. The second-order valence-corrected chi connectivity index (χ2v) is 14.8. The number of aliphatic imine (C=N–C) groups is 1. The Bertz CT molecular complexity index is 1510. The first-order valence-corrected chi connectivity index (χ1v) is 16.8. The number of carbonyl (C=O) groups excluding carboxylic acids is 1. The van der Waals surface area contributed by atoms with E-state index in [4.69, 9.17) is 28.2 Å². The summed E-state index contributed by atoms with van der Waals surface area (Å²) in [5.74, 6) is -1.17. The lowest BCUT2D eigenvalue weighted by Crippen LogP contribution is -2.57. The van der Waals surface area contributed by atoms with Crippen LogP contribution in [0.15, 0.2) is 64.1 Å². The van der Waals surface area contributed by atoms with Crippen LogP contribution in [-0.4, -0.2) is 81.7 Å². The van der Waals surface area contributed by atoms with E-state index in [9.17, 15) is 14.7 Å². The minimum atomic E-state index is -0.960. The van der Waals surface area contributed by atoms with Crippen molar-refractivity contribution in [3.63, 3.8) is 0 Å². The fourth-order valence-corrected chi connectivity index (χ4v) is 8.84. The molecular weight excluding hydrogens is 617 g/mol.